The molecular formula is C14H29N3O. The number of nitrogens with two attached hydrogens (primary N) is 1. The number of carbonyl (C=O) groups is 1. The topological polar surface area (TPSA) is 58.4 Å². The standard InChI is InChI=1S/C14H29N3O/c1-4-7-14(3,15)13(18)16-10-12(2)11-17-8-5-6-9-17/h12H,4-11,15H2,1-3H3,(H,16,18). The molecule has 4 heteroatoms. The van der Waals surface area contributed by atoms with Crippen LogP contribution in [0.4, 0.5) is 0 Å². The van der Waals surface area contributed by atoms with Gasteiger partial charge in [0.2, 0.25) is 5.91 Å². The van der Waals surface area contributed by atoms with Gasteiger partial charge in [0.15, 0.2) is 0 Å². The third-order valence-corrected chi connectivity index (χ3v) is 3.67. The number of nitrogens with one attached hydrogen (secondary N) is 1. The van der Waals surface area contributed by atoms with Crippen LogP contribution >= 0.6 is 0 Å². The Labute approximate surface area is 111 Å². The second-order valence-corrected chi connectivity index (χ2v) is 5.99. The maximum atomic E-state index is 11.9. The number of likely N-dealkylation sites (tertiary alicyclic amines) is 1. The summed E-state index contributed by atoms with van der Waals surface area (Å²) in [5.41, 5.74) is 5.28. The molecule has 4 nitrogen and oxygen atoms in total. The highest BCUT2D eigenvalue weighted by Crippen LogP contribution is 2.11. The van der Waals surface area contributed by atoms with Crippen LogP contribution < -0.4 is 11.1 Å². The van der Waals surface area contributed by atoms with Crippen molar-refractivity contribution >= 4 is 5.91 Å². The molecule has 1 rings (SSSR count). The van der Waals surface area contributed by atoms with Crippen LogP contribution in [0.2, 0.25) is 0 Å². The van der Waals surface area contributed by atoms with Crippen LogP contribution in [-0.2, 0) is 4.79 Å². The molecule has 0 aliphatic carbocycles. The van der Waals surface area contributed by atoms with E-state index in [0.717, 1.165) is 25.9 Å². The van der Waals surface area contributed by atoms with E-state index >= 15 is 0 Å². The first-order valence-electron chi connectivity index (χ1n) is 7.25. The maximum absolute atomic E-state index is 11.9. The van der Waals surface area contributed by atoms with Crippen LogP contribution in [0.15, 0.2) is 0 Å². The molecule has 1 aliphatic rings. The summed E-state index contributed by atoms with van der Waals surface area (Å²) in [6.07, 6.45) is 4.30. The maximum Gasteiger partial charge on any atom is 0.239 e. The predicted octanol–water partition coefficient (Wildman–Crippen LogP) is 1.35. The summed E-state index contributed by atoms with van der Waals surface area (Å²) in [6.45, 7) is 10.3. The van der Waals surface area contributed by atoms with Crippen LogP contribution in [0.1, 0.15) is 46.5 Å². The van der Waals surface area contributed by atoms with E-state index in [9.17, 15) is 4.79 Å². The molecule has 1 heterocycles. The van der Waals surface area contributed by atoms with Gasteiger partial charge in [-0.25, -0.2) is 0 Å². The molecule has 0 bridgehead atoms. The molecule has 0 aromatic rings. The molecule has 2 atom stereocenters. The summed E-state index contributed by atoms with van der Waals surface area (Å²) in [7, 11) is 0. The fraction of sp³-hybridized carbons (Fsp3) is 0.929. The highest BCUT2D eigenvalue weighted by molar-refractivity contribution is 5.85. The molecule has 1 amide bonds. The average Bonchev–Trinajstić information content (AvgIpc) is 2.78. The molecule has 0 aromatic heterocycles. The molecule has 3 N–H and O–H groups in total. The second-order valence-electron chi connectivity index (χ2n) is 5.99. The Kier molecular flexibility index (Phi) is 6.09. The van der Waals surface area contributed by atoms with Gasteiger partial charge in [-0.3, -0.25) is 4.79 Å². The van der Waals surface area contributed by atoms with Crippen molar-refractivity contribution in [3.63, 3.8) is 0 Å². The Hall–Kier alpha value is -0.610. The van der Waals surface area contributed by atoms with Crippen molar-refractivity contribution in [2.75, 3.05) is 26.2 Å². The van der Waals surface area contributed by atoms with E-state index in [4.69, 9.17) is 5.73 Å². The van der Waals surface area contributed by atoms with E-state index in [1.54, 1.807) is 0 Å². The van der Waals surface area contributed by atoms with E-state index in [1.165, 1.54) is 25.9 Å². The molecule has 0 spiro atoms. The lowest BCUT2D eigenvalue weighted by Gasteiger charge is -2.25. The van der Waals surface area contributed by atoms with Gasteiger partial charge in [-0.15, -0.1) is 0 Å². The normalized spacial score (nSPS) is 21.6. The number of hydrogen-bond acceptors (Lipinski definition) is 3. The Morgan fingerprint density at radius 3 is 2.61 bits per heavy atom. The van der Waals surface area contributed by atoms with Crippen molar-refractivity contribution < 1.29 is 4.79 Å². The lowest BCUT2D eigenvalue weighted by Crippen LogP contribution is -2.52. The SMILES string of the molecule is CCCC(C)(N)C(=O)NCC(C)CN1CCCC1. The zero-order valence-electron chi connectivity index (χ0n) is 12.2. The van der Waals surface area contributed by atoms with Gasteiger partial charge in [-0.2, -0.15) is 0 Å². The van der Waals surface area contributed by atoms with Crippen LogP contribution in [0.5, 0.6) is 0 Å². The summed E-state index contributed by atoms with van der Waals surface area (Å²) < 4.78 is 0. The molecule has 0 radical (unpaired) electrons. The number of amides is 1. The highest BCUT2D eigenvalue weighted by Gasteiger charge is 2.27. The van der Waals surface area contributed by atoms with Gasteiger partial charge in [0.05, 0.1) is 5.54 Å². The monoisotopic (exact) mass is 255 g/mol. The van der Waals surface area contributed by atoms with Crippen LogP contribution in [0.3, 0.4) is 0 Å². The minimum atomic E-state index is -0.720. The van der Waals surface area contributed by atoms with Gasteiger partial charge in [0.25, 0.3) is 0 Å². The van der Waals surface area contributed by atoms with Crippen molar-refractivity contribution in [1.82, 2.24) is 10.2 Å². The number of rotatable bonds is 7. The Bertz CT molecular complexity index is 260. The zero-order valence-corrected chi connectivity index (χ0v) is 12.2. The van der Waals surface area contributed by atoms with E-state index in [2.05, 4.69) is 17.1 Å². The van der Waals surface area contributed by atoms with E-state index in [-0.39, 0.29) is 5.91 Å². The third-order valence-electron chi connectivity index (χ3n) is 3.67. The molecule has 1 aliphatic heterocycles. The van der Waals surface area contributed by atoms with Crippen molar-refractivity contribution in [1.29, 1.82) is 0 Å². The molecule has 1 fully saturated rings. The molecule has 2 unspecified atom stereocenters. The van der Waals surface area contributed by atoms with Gasteiger partial charge >= 0.3 is 0 Å². The van der Waals surface area contributed by atoms with Crippen molar-refractivity contribution in [2.24, 2.45) is 11.7 Å². The second kappa shape index (κ2) is 7.10. The first kappa shape index (κ1) is 15.4. The number of hydrogen-bond donors (Lipinski definition) is 2. The highest BCUT2D eigenvalue weighted by atomic mass is 16.2. The van der Waals surface area contributed by atoms with Crippen LogP contribution in [0, 0.1) is 5.92 Å². The lowest BCUT2D eigenvalue weighted by atomic mass is 9.96. The molecule has 1 saturated heterocycles. The van der Waals surface area contributed by atoms with Crippen molar-refractivity contribution in [2.45, 2.75) is 52.0 Å². The van der Waals surface area contributed by atoms with E-state index in [1.807, 2.05) is 13.8 Å². The fourth-order valence-electron chi connectivity index (χ4n) is 2.57. The van der Waals surface area contributed by atoms with E-state index in [0.29, 0.717) is 5.92 Å². The Morgan fingerprint density at radius 1 is 1.44 bits per heavy atom. The molecule has 0 saturated carbocycles. The molecule has 0 aromatic carbocycles. The molecular weight excluding hydrogens is 226 g/mol. The summed E-state index contributed by atoms with van der Waals surface area (Å²) in [4.78, 5) is 14.4. The first-order chi connectivity index (χ1) is 8.45. The smallest absolute Gasteiger partial charge is 0.239 e. The minimum Gasteiger partial charge on any atom is -0.354 e. The summed E-state index contributed by atoms with van der Waals surface area (Å²) in [6, 6.07) is 0. The number of carbonyl (C=O) groups excluding carboxylic acids is 1. The molecule has 18 heavy (non-hydrogen) atoms. The predicted molar refractivity (Wildman–Crippen MR) is 75.3 cm³/mol. The summed E-state index contributed by atoms with van der Waals surface area (Å²) >= 11 is 0. The quantitative estimate of drug-likeness (QED) is 0.722. The number of nitrogens with zero attached hydrogens (tertiary/aromatic N) is 1. The minimum absolute atomic E-state index is 0.0161. The molecule has 106 valence electrons. The van der Waals surface area contributed by atoms with E-state index < -0.39 is 5.54 Å². The lowest BCUT2D eigenvalue weighted by molar-refractivity contribution is -0.126. The fourth-order valence-corrected chi connectivity index (χ4v) is 2.57. The Morgan fingerprint density at radius 2 is 2.06 bits per heavy atom. The largest absolute Gasteiger partial charge is 0.354 e. The van der Waals surface area contributed by atoms with Crippen molar-refractivity contribution in [3.8, 4) is 0 Å². The van der Waals surface area contributed by atoms with Gasteiger partial charge in [-0.1, -0.05) is 20.3 Å². The van der Waals surface area contributed by atoms with Gasteiger partial charge < -0.3 is 16.0 Å². The zero-order chi connectivity index (χ0) is 13.6. The third kappa shape index (κ3) is 4.94. The summed E-state index contributed by atoms with van der Waals surface area (Å²) in [5, 5.41) is 2.99. The Balaban J connectivity index is 2.24. The van der Waals surface area contributed by atoms with Crippen molar-refractivity contribution in [3.05, 3.63) is 0 Å². The van der Waals surface area contributed by atoms with Gasteiger partial charge in [0.1, 0.15) is 0 Å². The summed E-state index contributed by atoms with van der Waals surface area (Å²) in [5.74, 6) is 0.474. The average molecular weight is 255 g/mol. The van der Waals surface area contributed by atoms with Crippen LogP contribution in [0.25, 0.3) is 0 Å². The first-order valence-corrected chi connectivity index (χ1v) is 7.25. The van der Waals surface area contributed by atoms with Gasteiger partial charge in [-0.05, 0) is 45.2 Å². The van der Waals surface area contributed by atoms with Crippen LogP contribution in [-0.4, -0.2) is 42.5 Å². The van der Waals surface area contributed by atoms with Gasteiger partial charge in [0, 0.05) is 13.1 Å².